The van der Waals surface area contributed by atoms with E-state index >= 15 is 0 Å². The summed E-state index contributed by atoms with van der Waals surface area (Å²) in [6.45, 7) is 6.99. The molecule has 1 fully saturated rings. The van der Waals surface area contributed by atoms with Crippen LogP contribution in [0.5, 0.6) is 5.75 Å². The van der Waals surface area contributed by atoms with E-state index in [1.165, 1.54) is 6.07 Å². The molecule has 0 spiro atoms. The number of hydrogen-bond acceptors (Lipinski definition) is 6. The van der Waals surface area contributed by atoms with E-state index in [2.05, 4.69) is 0 Å². The van der Waals surface area contributed by atoms with Crippen molar-refractivity contribution in [2.24, 2.45) is 11.7 Å². The molecule has 2 rings (SSSR count). The van der Waals surface area contributed by atoms with Crippen LogP contribution in [-0.2, 0) is 4.74 Å². The van der Waals surface area contributed by atoms with Crippen molar-refractivity contribution in [2.75, 3.05) is 19.7 Å². The van der Waals surface area contributed by atoms with E-state index in [4.69, 9.17) is 26.8 Å². The standard InChI is InChI=1S/C21H28ClN3O6/c1-21(2,3)31-20(27)24-9-7-14(8-10-24)6-4-5-11-30-17-13-15(19(23)26)12-16(18(17)22)25(28)29/h4-5,12-14H,6-11H2,1-3H3,(H2,23,26)/b5-4+. The number of rotatable bonds is 7. The minimum atomic E-state index is -0.808. The van der Waals surface area contributed by atoms with E-state index in [0.717, 1.165) is 25.3 Å². The number of halogens is 1. The first kappa shape index (κ1) is 24.5. The van der Waals surface area contributed by atoms with Crippen LogP contribution in [0.4, 0.5) is 10.5 Å². The van der Waals surface area contributed by atoms with Crippen LogP contribution in [0, 0.1) is 16.0 Å². The number of hydrogen-bond donors (Lipinski definition) is 1. The molecule has 1 aliphatic heterocycles. The minimum Gasteiger partial charge on any atom is -0.488 e. The third-order valence-electron chi connectivity index (χ3n) is 4.74. The Morgan fingerprint density at radius 2 is 1.94 bits per heavy atom. The summed E-state index contributed by atoms with van der Waals surface area (Å²) in [6.07, 6.45) is 6.06. The Balaban J connectivity index is 1.83. The Morgan fingerprint density at radius 1 is 1.29 bits per heavy atom. The number of likely N-dealkylation sites (tertiary alicyclic amines) is 1. The van der Waals surface area contributed by atoms with E-state index in [1.807, 2.05) is 26.8 Å². The monoisotopic (exact) mass is 453 g/mol. The van der Waals surface area contributed by atoms with Crippen LogP contribution in [0.25, 0.3) is 0 Å². The SMILES string of the molecule is CC(C)(C)OC(=O)N1CCC(C/C=C/COc2cc(C(N)=O)cc([N+](=O)[O-])c2Cl)CC1. The van der Waals surface area contributed by atoms with Gasteiger partial charge in [-0.15, -0.1) is 0 Å². The van der Waals surface area contributed by atoms with E-state index in [1.54, 1.807) is 11.0 Å². The van der Waals surface area contributed by atoms with Crippen molar-refractivity contribution in [3.05, 3.63) is 45.0 Å². The van der Waals surface area contributed by atoms with Gasteiger partial charge >= 0.3 is 6.09 Å². The Kier molecular flexibility index (Phi) is 8.27. The summed E-state index contributed by atoms with van der Waals surface area (Å²) in [7, 11) is 0. The van der Waals surface area contributed by atoms with Gasteiger partial charge in [0.15, 0.2) is 5.02 Å². The second-order valence-electron chi connectivity index (χ2n) is 8.36. The van der Waals surface area contributed by atoms with Crippen LogP contribution >= 0.6 is 11.6 Å². The molecule has 1 saturated heterocycles. The predicted octanol–water partition coefficient (Wildman–Crippen LogP) is 4.32. The number of nitrogens with two attached hydrogens (primary N) is 1. The summed E-state index contributed by atoms with van der Waals surface area (Å²) >= 11 is 6.01. The fourth-order valence-corrected chi connectivity index (χ4v) is 3.37. The second-order valence-corrected chi connectivity index (χ2v) is 8.74. The van der Waals surface area contributed by atoms with Gasteiger partial charge in [-0.25, -0.2) is 4.79 Å². The van der Waals surface area contributed by atoms with Crippen LogP contribution in [-0.4, -0.2) is 47.1 Å². The molecule has 170 valence electrons. The highest BCUT2D eigenvalue weighted by atomic mass is 35.5. The Hall–Kier alpha value is -2.81. The minimum absolute atomic E-state index is 0.0278. The fraction of sp³-hybridized carbons (Fsp3) is 0.524. The summed E-state index contributed by atoms with van der Waals surface area (Å²) < 4.78 is 10.9. The maximum atomic E-state index is 12.1. The van der Waals surface area contributed by atoms with Crippen molar-refractivity contribution < 1.29 is 24.0 Å². The number of nitrogens with zero attached hydrogens (tertiary/aromatic N) is 2. The van der Waals surface area contributed by atoms with Gasteiger partial charge in [-0.1, -0.05) is 23.8 Å². The number of nitro groups is 1. The van der Waals surface area contributed by atoms with Crippen LogP contribution < -0.4 is 10.5 Å². The van der Waals surface area contributed by atoms with E-state index in [9.17, 15) is 19.7 Å². The van der Waals surface area contributed by atoms with Gasteiger partial charge in [-0.05, 0) is 52.0 Å². The van der Waals surface area contributed by atoms with Gasteiger partial charge in [0.2, 0.25) is 5.91 Å². The van der Waals surface area contributed by atoms with E-state index in [0.29, 0.717) is 19.0 Å². The molecule has 0 atom stereocenters. The molecule has 31 heavy (non-hydrogen) atoms. The lowest BCUT2D eigenvalue weighted by Crippen LogP contribution is -2.41. The average molecular weight is 454 g/mol. The lowest BCUT2D eigenvalue weighted by molar-refractivity contribution is -0.384. The molecule has 1 aromatic rings. The van der Waals surface area contributed by atoms with Gasteiger partial charge in [-0.3, -0.25) is 14.9 Å². The van der Waals surface area contributed by atoms with Gasteiger partial charge in [0.1, 0.15) is 18.0 Å². The third-order valence-corrected chi connectivity index (χ3v) is 5.12. The summed E-state index contributed by atoms with van der Waals surface area (Å²) in [5.74, 6) is -0.337. The third kappa shape index (κ3) is 7.43. The highest BCUT2D eigenvalue weighted by Crippen LogP contribution is 2.35. The largest absolute Gasteiger partial charge is 0.488 e. The van der Waals surface area contributed by atoms with Crippen molar-refractivity contribution in [1.82, 2.24) is 4.90 Å². The lowest BCUT2D eigenvalue weighted by Gasteiger charge is -2.33. The van der Waals surface area contributed by atoms with Gasteiger partial charge in [0.25, 0.3) is 5.69 Å². The molecule has 9 nitrogen and oxygen atoms in total. The number of piperidine rings is 1. The van der Waals surface area contributed by atoms with Crippen molar-refractivity contribution in [3.63, 3.8) is 0 Å². The Labute approximate surface area is 186 Å². The van der Waals surface area contributed by atoms with Gasteiger partial charge in [0.05, 0.1) is 4.92 Å². The van der Waals surface area contributed by atoms with Crippen molar-refractivity contribution in [1.29, 1.82) is 0 Å². The molecule has 1 aliphatic rings. The molecular formula is C21H28ClN3O6. The average Bonchev–Trinajstić information content (AvgIpc) is 2.67. The number of carbonyl (C=O) groups excluding carboxylic acids is 2. The smallest absolute Gasteiger partial charge is 0.410 e. The summed E-state index contributed by atoms with van der Waals surface area (Å²) in [4.78, 5) is 35.6. The number of primary amides is 1. The van der Waals surface area contributed by atoms with Crippen LogP contribution in [0.1, 0.15) is 50.4 Å². The molecule has 1 heterocycles. The van der Waals surface area contributed by atoms with Crippen LogP contribution in [0.2, 0.25) is 5.02 Å². The highest BCUT2D eigenvalue weighted by molar-refractivity contribution is 6.34. The second kappa shape index (κ2) is 10.5. The molecule has 1 aromatic carbocycles. The number of nitro benzene ring substituents is 1. The molecule has 0 bridgehead atoms. The Bertz CT molecular complexity index is 857. The molecule has 0 aliphatic carbocycles. The number of amides is 2. The van der Waals surface area contributed by atoms with Gasteiger partial charge in [-0.2, -0.15) is 0 Å². The summed E-state index contributed by atoms with van der Waals surface area (Å²) in [5.41, 5.74) is 4.22. The molecular weight excluding hydrogens is 426 g/mol. The molecule has 0 unspecified atom stereocenters. The number of carbonyl (C=O) groups is 2. The fourth-order valence-electron chi connectivity index (χ4n) is 3.14. The molecule has 2 N–H and O–H groups in total. The summed E-state index contributed by atoms with van der Waals surface area (Å²) in [5, 5.41) is 10.9. The predicted molar refractivity (Wildman–Crippen MR) is 116 cm³/mol. The Morgan fingerprint density at radius 3 is 2.48 bits per heavy atom. The zero-order valence-electron chi connectivity index (χ0n) is 17.9. The van der Waals surface area contributed by atoms with Crippen molar-refractivity contribution >= 4 is 29.3 Å². The number of benzene rings is 1. The first-order valence-corrected chi connectivity index (χ1v) is 10.4. The quantitative estimate of drug-likeness (QED) is 0.372. The first-order chi connectivity index (χ1) is 14.5. The number of ether oxygens (including phenoxy) is 2. The molecule has 0 radical (unpaired) electrons. The maximum absolute atomic E-state index is 12.1. The van der Waals surface area contributed by atoms with Crippen molar-refractivity contribution in [3.8, 4) is 5.75 Å². The van der Waals surface area contributed by atoms with Gasteiger partial charge < -0.3 is 20.1 Å². The topological polar surface area (TPSA) is 125 Å². The summed E-state index contributed by atoms with van der Waals surface area (Å²) in [6, 6.07) is 2.31. The normalized spacial score (nSPS) is 15.2. The molecule has 10 heteroatoms. The van der Waals surface area contributed by atoms with Crippen molar-refractivity contribution in [2.45, 2.75) is 45.6 Å². The van der Waals surface area contributed by atoms with Gasteiger partial charge in [0, 0.05) is 24.7 Å². The van der Waals surface area contributed by atoms with E-state index in [-0.39, 0.29) is 29.0 Å². The lowest BCUT2D eigenvalue weighted by atomic mass is 9.93. The first-order valence-electron chi connectivity index (χ1n) is 10.0. The highest BCUT2D eigenvalue weighted by Gasteiger charge is 2.26. The number of allylic oxidation sites excluding steroid dienone is 1. The van der Waals surface area contributed by atoms with Crippen LogP contribution in [0.15, 0.2) is 24.3 Å². The molecule has 2 amide bonds. The van der Waals surface area contributed by atoms with Crippen LogP contribution in [0.3, 0.4) is 0 Å². The maximum Gasteiger partial charge on any atom is 0.410 e. The zero-order valence-corrected chi connectivity index (χ0v) is 18.7. The zero-order chi connectivity index (χ0) is 23.2. The van der Waals surface area contributed by atoms with E-state index < -0.39 is 22.1 Å². The molecule has 0 aromatic heterocycles. The molecule has 0 saturated carbocycles.